The van der Waals surface area contributed by atoms with Gasteiger partial charge >= 0.3 is 0 Å². The average molecular weight is 258 g/mol. The molecule has 0 saturated heterocycles. The Morgan fingerprint density at radius 2 is 1.95 bits per heavy atom. The number of carbonyl (C=O) groups is 1. The van der Waals surface area contributed by atoms with Crippen molar-refractivity contribution in [3.63, 3.8) is 0 Å². The van der Waals surface area contributed by atoms with E-state index in [4.69, 9.17) is 5.26 Å². The zero-order valence-electron chi connectivity index (χ0n) is 12.0. The predicted octanol–water partition coefficient (Wildman–Crippen LogP) is 3.37. The fraction of sp³-hybridized carbons (Fsp3) is 0.500. The van der Waals surface area contributed by atoms with Crippen molar-refractivity contribution < 1.29 is 4.79 Å². The molecule has 0 aliphatic rings. The standard InChI is InChI=1S/C16H22N2O/c1-4-16(2,3)15(19)18(12-8-11-17)13-14-9-6-5-7-10-14/h5-7,9-10H,4,8,12-13H2,1-3H3. The molecule has 0 radical (unpaired) electrons. The van der Waals surface area contributed by atoms with Gasteiger partial charge in [0, 0.05) is 18.5 Å². The molecule has 1 aromatic rings. The van der Waals surface area contributed by atoms with E-state index >= 15 is 0 Å². The van der Waals surface area contributed by atoms with E-state index < -0.39 is 0 Å². The molecular weight excluding hydrogens is 236 g/mol. The molecule has 19 heavy (non-hydrogen) atoms. The molecule has 3 heteroatoms. The zero-order valence-corrected chi connectivity index (χ0v) is 12.0. The lowest BCUT2D eigenvalue weighted by atomic mass is 9.88. The van der Waals surface area contributed by atoms with Crippen LogP contribution in [0, 0.1) is 16.7 Å². The molecule has 0 fully saturated rings. The third-order valence-corrected chi connectivity index (χ3v) is 3.46. The van der Waals surface area contributed by atoms with Gasteiger partial charge in [0.1, 0.15) is 0 Å². The fourth-order valence-corrected chi connectivity index (χ4v) is 1.82. The van der Waals surface area contributed by atoms with Crippen LogP contribution in [-0.4, -0.2) is 17.4 Å². The molecule has 1 aromatic carbocycles. The second kappa shape index (κ2) is 6.94. The highest BCUT2D eigenvalue weighted by molar-refractivity contribution is 5.81. The van der Waals surface area contributed by atoms with Gasteiger partial charge in [0.05, 0.1) is 12.5 Å². The largest absolute Gasteiger partial charge is 0.337 e. The van der Waals surface area contributed by atoms with Crippen molar-refractivity contribution in [3.05, 3.63) is 35.9 Å². The monoisotopic (exact) mass is 258 g/mol. The van der Waals surface area contributed by atoms with Crippen molar-refractivity contribution >= 4 is 5.91 Å². The summed E-state index contributed by atoms with van der Waals surface area (Å²) in [4.78, 5) is 14.3. The maximum absolute atomic E-state index is 12.5. The maximum Gasteiger partial charge on any atom is 0.228 e. The molecule has 1 rings (SSSR count). The summed E-state index contributed by atoms with van der Waals surface area (Å²) in [6.07, 6.45) is 1.17. The van der Waals surface area contributed by atoms with Crippen molar-refractivity contribution in [1.82, 2.24) is 4.90 Å². The summed E-state index contributed by atoms with van der Waals surface area (Å²) in [5.41, 5.74) is 0.727. The molecule has 0 aliphatic heterocycles. The molecule has 0 atom stereocenters. The van der Waals surface area contributed by atoms with Gasteiger partial charge in [-0.15, -0.1) is 0 Å². The quantitative estimate of drug-likeness (QED) is 0.785. The van der Waals surface area contributed by atoms with E-state index in [0.29, 0.717) is 19.5 Å². The van der Waals surface area contributed by atoms with Gasteiger partial charge in [0.2, 0.25) is 5.91 Å². The SMILES string of the molecule is CCC(C)(C)C(=O)N(CCC#N)Cc1ccccc1. The van der Waals surface area contributed by atoms with Crippen molar-refractivity contribution in [2.75, 3.05) is 6.54 Å². The number of amides is 1. The molecular formula is C16H22N2O. The Kier molecular flexibility index (Phi) is 5.57. The van der Waals surface area contributed by atoms with Crippen LogP contribution in [0.5, 0.6) is 0 Å². The van der Waals surface area contributed by atoms with E-state index in [1.54, 1.807) is 4.90 Å². The van der Waals surface area contributed by atoms with E-state index in [2.05, 4.69) is 6.07 Å². The Bertz CT molecular complexity index is 446. The molecule has 0 unspecified atom stereocenters. The third kappa shape index (κ3) is 4.40. The topological polar surface area (TPSA) is 44.1 Å². The van der Waals surface area contributed by atoms with Crippen LogP contribution in [0.3, 0.4) is 0 Å². The fourth-order valence-electron chi connectivity index (χ4n) is 1.82. The first-order chi connectivity index (χ1) is 9.01. The van der Waals surface area contributed by atoms with Crippen LogP contribution < -0.4 is 0 Å². The highest BCUT2D eigenvalue weighted by Gasteiger charge is 2.29. The predicted molar refractivity (Wildman–Crippen MR) is 76.2 cm³/mol. The molecule has 0 N–H and O–H groups in total. The molecule has 0 spiro atoms. The molecule has 0 bridgehead atoms. The summed E-state index contributed by atoms with van der Waals surface area (Å²) >= 11 is 0. The second-order valence-electron chi connectivity index (χ2n) is 5.36. The molecule has 0 heterocycles. The van der Waals surface area contributed by atoms with Gasteiger partial charge in [-0.05, 0) is 12.0 Å². The first kappa shape index (κ1) is 15.2. The molecule has 0 saturated carbocycles. The molecule has 0 aliphatic carbocycles. The van der Waals surface area contributed by atoms with Gasteiger partial charge in [-0.3, -0.25) is 4.79 Å². The summed E-state index contributed by atoms with van der Waals surface area (Å²) in [7, 11) is 0. The van der Waals surface area contributed by atoms with Crippen LogP contribution >= 0.6 is 0 Å². The van der Waals surface area contributed by atoms with Crippen LogP contribution in [0.15, 0.2) is 30.3 Å². The highest BCUT2D eigenvalue weighted by Crippen LogP contribution is 2.24. The van der Waals surface area contributed by atoms with E-state index in [9.17, 15) is 4.79 Å². The van der Waals surface area contributed by atoms with Gasteiger partial charge in [-0.25, -0.2) is 0 Å². The second-order valence-corrected chi connectivity index (χ2v) is 5.36. The maximum atomic E-state index is 12.5. The highest BCUT2D eigenvalue weighted by atomic mass is 16.2. The first-order valence-electron chi connectivity index (χ1n) is 6.71. The van der Waals surface area contributed by atoms with Gasteiger partial charge in [0.15, 0.2) is 0 Å². The number of hydrogen-bond donors (Lipinski definition) is 0. The van der Waals surface area contributed by atoms with Crippen LogP contribution in [0.1, 0.15) is 39.2 Å². The van der Waals surface area contributed by atoms with Crippen molar-refractivity contribution in [3.8, 4) is 6.07 Å². The van der Waals surface area contributed by atoms with Crippen LogP contribution in [0.25, 0.3) is 0 Å². The number of rotatable bonds is 6. The average Bonchev–Trinajstić information content (AvgIpc) is 2.43. The van der Waals surface area contributed by atoms with Crippen molar-refractivity contribution in [1.29, 1.82) is 5.26 Å². The number of hydrogen-bond acceptors (Lipinski definition) is 2. The zero-order chi connectivity index (χ0) is 14.3. The Balaban J connectivity index is 2.83. The first-order valence-corrected chi connectivity index (χ1v) is 6.71. The van der Waals surface area contributed by atoms with E-state index in [0.717, 1.165) is 12.0 Å². The summed E-state index contributed by atoms with van der Waals surface area (Å²) in [5, 5.41) is 8.74. The van der Waals surface area contributed by atoms with Crippen LogP contribution in [0.2, 0.25) is 0 Å². The summed E-state index contributed by atoms with van der Waals surface area (Å²) in [5.74, 6) is 0.120. The number of nitrogens with zero attached hydrogens (tertiary/aromatic N) is 2. The Morgan fingerprint density at radius 1 is 1.32 bits per heavy atom. The van der Waals surface area contributed by atoms with Crippen LogP contribution in [-0.2, 0) is 11.3 Å². The van der Waals surface area contributed by atoms with Crippen molar-refractivity contribution in [2.24, 2.45) is 5.41 Å². The molecule has 1 amide bonds. The van der Waals surface area contributed by atoms with Gasteiger partial charge < -0.3 is 4.90 Å². The minimum atomic E-state index is -0.371. The number of carbonyl (C=O) groups excluding carboxylic acids is 1. The van der Waals surface area contributed by atoms with E-state index in [-0.39, 0.29) is 11.3 Å². The number of benzene rings is 1. The molecule has 102 valence electrons. The lowest BCUT2D eigenvalue weighted by Gasteiger charge is -2.31. The summed E-state index contributed by atoms with van der Waals surface area (Å²) in [6, 6.07) is 12.0. The lowest BCUT2D eigenvalue weighted by Crippen LogP contribution is -2.40. The number of nitriles is 1. The van der Waals surface area contributed by atoms with Crippen molar-refractivity contribution in [2.45, 2.75) is 40.2 Å². The molecule has 3 nitrogen and oxygen atoms in total. The van der Waals surface area contributed by atoms with Gasteiger partial charge in [-0.1, -0.05) is 51.1 Å². The Hall–Kier alpha value is -1.82. The Morgan fingerprint density at radius 3 is 2.47 bits per heavy atom. The third-order valence-electron chi connectivity index (χ3n) is 3.46. The minimum absolute atomic E-state index is 0.120. The van der Waals surface area contributed by atoms with Gasteiger partial charge in [0.25, 0.3) is 0 Å². The molecule has 0 aromatic heterocycles. The van der Waals surface area contributed by atoms with Crippen LogP contribution in [0.4, 0.5) is 0 Å². The summed E-state index contributed by atoms with van der Waals surface area (Å²) in [6.45, 7) is 7.00. The summed E-state index contributed by atoms with van der Waals surface area (Å²) < 4.78 is 0. The van der Waals surface area contributed by atoms with E-state index in [1.807, 2.05) is 51.1 Å². The lowest BCUT2D eigenvalue weighted by molar-refractivity contribution is -0.141. The smallest absolute Gasteiger partial charge is 0.228 e. The minimum Gasteiger partial charge on any atom is -0.337 e. The van der Waals surface area contributed by atoms with E-state index in [1.165, 1.54) is 0 Å². The van der Waals surface area contributed by atoms with Gasteiger partial charge in [-0.2, -0.15) is 5.26 Å². The Labute approximate surface area is 115 Å². The normalized spacial score (nSPS) is 10.8.